The van der Waals surface area contributed by atoms with Gasteiger partial charge >= 0.3 is 13.6 Å². The van der Waals surface area contributed by atoms with E-state index in [1.165, 1.54) is 0 Å². The Morgan fingerprint density at radius 1 is 1.16 bits per heavy atom. The van der Waals surface area contributed by atoms with Crippen molar-refractivity contribution in [1.82, 2.24) is 0 Å². The first kappa shape index (κ1) is 19.6. The van der Waals surface area contributed by atoms with Gasteiger partial charge in [0.25, 0.3) is 0 Å². The molecule has 0 saturated carbocycles. The molecule has 0 saturated heterocycles. The Hall–Kier alpha value is 0.610. The largest absolute Gasteiger partial charge is 0.388 e. The number of aliphatic hydroxyl groups excluding tert-OH is 1. The highest BCUT2D eigenvalue weighted by Gasteiger charge is 2.41. The molecule has 0 aromatic heterocycles. The number of alkyl halides is 2. The molecule has 0 amide bonds. The fourth-order valence-corrected chi connectivity index (χ4v) is 3.52. The Balaban J connectivity index is 4.94. The van der Waals surface area contributed by atoms with Crippen LogP contribution in [0.3, 0.4) is 0 Å². The van der Waals surface area contributed by atoms with E-state index in [9.17, 15) is 9.67 Å². The Labute approximate surface area is 123 Å². The lowest BCUT2D eigenvalue weighted by Crippen LogP contribution is -2.42. The van der Waals surface area contributed by atoms with E-state index in [1.807, 2.05) is 0 Å². The second-order valence-corrected chi connectivity index (χ2v) is 6.21. The lowest BCUT2D eigenvalue weighted by atomic mass is 10.6. The van der Waals surface area contributed by atoms with Crippen LogP contribution < -0.4 is 0 Å². The van der Waals surface area contributed by atoms with Crippen LogP contribution in [-0.2, 0) is 23.1 Å². The fraction of sp³-hybridized carbons (Fsp3) is 1.00. The summed E-state index contributed by atoms with van der Waals surface area (Å²) < 4.78 is 33.3. The normalized spacial score (nSPS) is 15.4. The average molecular weight is 339 g/mol. The topological polar surface area (TPSA) is 74.2 Å². The van der Waals surface area contributed by atoms with Crippen molar-refractivity contribution in [3.05, 3.63) is 0 Å². The molecule has 0 aliphatic rings. The second kappa shape index (κ2) is 10.4. The van der Waals surface area contributed by atoms with Crippen LogP contribution in [-0.4, -0.2) is 55.4 Å². The van der Waals surface area contributed by atoms with Gasteiger partial charge in [0.05, 0.1) is 12.8 Å². The zero-order chi connectivity index (χ0) is 14.8. The average Bonchev–Trinajstić information content (AvgIpc) is 2.37. The third kappa shape index (κ3) is 7.25. The van der Waals surface area contributed by atoms with E-state index in [-0.39, 0.29) is 37.7 Å². The summed E-state index contributed by atoms with van der Waals surface area (Å²) in [6.07, 6.45) is -0.0344. The van der Waals surface area contributed by atoms with Crippen molar-refractivity contribution in [3.63, 3.8) is 0 Å². The standard InChI is InChI=1S/C10H21Cl2O6P/c1-3-15-10(9-13,16-4-2)18-19(14,8-6-12)17-7-5-11/h13H,3-9H2,1-2H3. The lowest BCUT2D eigenvalue weighted by molar-refractivity contribution is -0.355. The Morgan fingerprint density at radius 3 is 2.11 bits per heavy atom. The quantitative estimate of drug-likeness (QED) is 0.334. The van der Waals surface area contributed by atoms with Crippen LogP contribution in [0.15, 0.2) is 0 Å². The Morgan fingerprint density at radius 2 is 1.74 bits per heavy atom. The van der Waals surface area contributed by atoms with Crippen molar-refractivity contribution in [2.45, 2.75) is 19.8 Å². The van der Waals surface area contributed by atoms with E-state index in [0.717, 1.165) is 0 Å². The van der Waals surface area contributed by atoms with Gasteiger partial charge in [0.2, 0.25) is 0 Å². The van der Waals surface area contributed by atoms with Gasteiger partial charge in [0.1, 0.15) is 6.61 Å². The van der Waals surface area contributed by atoms with Gasteiger partial charge in [-0.3, -0.25) is 4.57 Å². The molecule has 1 unspecified atom stereocenters. The molecule has 0 spiro atoms. The lowest BCUT2D eigenvalue weighted by Gasteiger charge is -2.33. The molecule has 0 aliphatic heterocycles. The molecule has 0 fully saturated rings. The monoisotopic (exact) mass is 338 g/mol. The van der Waals surface area contributed by atoms with Crippen molar-refractivity contribution in [3.8, 4) is 0 Å². The number of halogens is 2. The molecule has 0 rings (SSSR count). The van der Waals surface area contributed by atoms with Crippen LogP contribution in [0.5, 0.6) is 0 Å². The molecule has 6 nitrogen and oxygen atoms in total. The van der Waals surface area contributed by atoms with Gasteiger partial charge in [-0.15, -0.1) is 23.2 Å². The summed E-state index contributed by atoms with van der Waals surface area (Å²) in [6.45, 7) is 3.21. The molecular weight excluding hydrogens is 318 g/mol. The summed E-state index contributed by atoms with van der Waals surface area (Å²) in [5, 5.41) is 9.39. The molecule has 0 aromatic rings. The third-order valence-corrected chi connectivity index (χ3v) is 4.43. The van der Waals surface area contributed by atoms with Crippen LogP contribution in [0.25, 0.3) is 0 Å². The van der Waals surface area contributed by atoms with Gasteiger partial charge in [-0.1, -0.05) is 0 Å². The molecule has 1 N–H and O–H groups in total. The summed E-state index contributed by atoms with van der Waals surface area (Å²) >= 11 is 11.1. The molecule has 0 aliphatic carbocycles. The van der Waals surface area contributed by atoms with Gasteiger partial charge in [-0.25, -0.2) is 4.52 Å². The first-order chi connectivity index (χ1) is 9.01. The van der Waals surface area contributed by atoms with Crippen LogP contribution in [0.2, 0.25) is 0 Å². The Kier molecular flexibility index (Phi) is 10.7. The number of ether oxygens (including phenoxy) is 2. The number of hydrogen-bond donors (Lipinski definition) is 1. The molecule has 0 radical (unpaired) electrons. The van der Waals surface area contributed by atoms with Gasteiger partial charge in [-0.05, 0) is 13.8 Å². The van der Waals surface area contributed by atoms with Gasteiger partial charge in [-0.2, -0.15) is 0 Å². The van der Waals surface area contributed by atoms with Crippen molar-refractivity contribution >= 4 is 30.8 Å². The zero-order valence-corrected chi connectivity index (χ0v) is 13.5. The first-order valence-electron chi connectivity index (χ1n) is 5.96. The minimum absolute atomic E-state index is 0.0344. The van der Waals surface area contributed by atoms with Crippen molar-refractivity contribution in [2.24, 2.45) is 0 Å². The minimum atomic E-state index is -3.56. The Bertz CT molecular complexity index is 273. The highest BCUT2D eigenvalue weighted by Crippen LogP contribution is 2.52. The summed E-state index contributed by atoms with van der Waals surface area (Å²) in [5.74, 6) is -1.58. The van der Waals surface area contributed by atoms with Gasteiger partial charge < -0.3 is 19.1 Å². The summed E-state index contributed by atoms with van der Waals surface area (Å²) in [4.78, 5) is 0. The summed E-state index contributed by atoms with van der Waals surface area (Å²) in [5.41, 5.74) is 0. The summed E-state index contributed by atoms with van der Waals surface area (Å²) in [6, 6.07) is 0. The number of hydrogen-bond acceptors (Lipinski definition) is 6. The first-order valence-corrected chi connectivity index (χ1v) is 8.76. The number of rotatable bonds is 12. The predicted molar refractivity (Wildman–Crippen MR) is 74.0 cm³/mol. The minimum Gasteiger partial charge on any atom is -0.388 e. The SMILES string of the molecule is CCOC(CO)(OCC)OP(=O)(CCCl)OCCCl. The molecule has 19 heavy (non-hydrogen) atoms. The molecular formula is C10H21Cl2O6P. The smallest absolute Gasteiger partial charge is 0.336 e. The van der Waals surface area contributed by atoms with Crippen molar-refractivity contribution in [2.75, 3.05) is 44.3 Å². The zero-order valence-electron chi connectivity index (χ0n) is 11.1. The van der Waals surface area contributed by atoms with Gasteiger partial charge in [0.15, 0.2) is 0 Å². The van der Waals surface area contributed by atoms with Crippen molar-refractivity contribution < 1.29 is 28.2 Å². The van der Waals surface area contributed by atoms with E-state index in [1.54, 1.807) is 13.8 Å². The highest BCUT2D eigenvalue weighted by molar-refractivity contribution is 7.54. The fourth-order valence-electron chi connectivity index (χ4n) is 1.28. The molecule has 0 bridgehead atoms. The third-order valence-electron chi connectivity index (χ3n) is 1.92. The summed E-state index contributed by atoms with van der Waals surface area (Å²) in [7, 11) is -3.56. The van der Waals surface area contributed by atoms with Crippen LogP contribution in [0.1, 0.15) is 13.8 Å². The van der Waals surface area contributed by atoms with E-state index < -0.39 is 20.2 Å². The van der Waals surface area contributed by atoms with E-state index in [2.05, 4.69) is 0 Å². The van der Waals surface area contributed by atoms with Crippen LogP contribution in [0, 0.1) is 0 Å². The maximum atomic E-state index is 12.4. The maximum Gasteiger partial charge on any atom is 0.336 e. The van der Waals surface area contributed by atoms with E-state index in [4.69, 9.17) is 41.7 Å². The molecule has 0 aromatic carbocycles. The molecule has 116 valence electrons. The predicted octanol–water partition coefficient (Wildman–Crippen LogP) is 2.41. The van der Waals surface area contributed by atoms with Crippen LogP contribution in [0.4, 0.5) is 0 Å². The van der Waals surface area contributed by atoms with E-state index >= 15 is 0 Å². The maximum absolute atomic E-state index is 12.4. The molecule has 9 heteroatoms. The van der Waals surface area contributed by atoms with Crippen LogP contribution >= 0.6 is 30.8 Å². The highest BCUT2D eigenvalue weighted by atomic mass is 35.5. The molecule has 1 atom stereocenters. The van der Waals surface area contributed by atoms with Gasteiger partial charge in [0, 0.05) is 25.0 Å². The van der Waals surface area contributed by atoms with Crippen molar-refractivity contribution in [1.29, 1.82) is 0 Å². The van der Waals surface area contributed by atoms with E-state index in [0.29, 0.717) is 0 Å². The number of aliphatic hydroxyl groups is 1. The second-order valence-electron chi connectivity index (χ2n) is 3.34. The molecule has 0 heterocycles.